The summed E-state index contributed by atoms with van der Waals surface area (Å²) in [6, 6.07) is 24.7. The summed E-state index contributed by atoms with van der Waals surface area (Å²) in [6.45, 7) is 11.4. The number of carbonyl (C=O) groups is 9. The molecule has 12 aliphatic heterocycles. The van der Waals surface area contributed by atoms with Gasteiger partial charge in [0.1, 0.15) is 51.4 Å². The van der Waals surface area contributed by atoms with Crippen molar-refractivity contribution >= 4 is 124 Å². The molecule has 147 heavy (non-hydrogen) atoms. The number of nitrogens with one attached hydrogen (secondary N) is 3. The number of alkyl halides is 11. The van der Waals surface area contributed by atoms with E-state index in [0.29, 0.717) is 79.8 Å². The van der Waals surface area contributed by atoms with Crippen LogP contribution in [0.3, 0.4) is 0 Å². The number of amidine groups is 3. The van der Waals surface area contributed by atoms with E-state index < -0.39 is 99.6 Å². The van der Waals surface area contributed by atoms with Crippen LogP contribution in [0.15, 0.2) is 149 Å². The number of Topliss-reactive ketones (excluding diaryl/α,β-unsaturated/α-hetero) is 3. The molecule has 6 aromatic rings. The summed E-state index contributed by atoms with van der Waals surface area (Å²) in [6.07, 6.45) is -1.48. The third-order valence-corrected chi connectivity index (χ3v) is 32.8. The summed E-state index contributed by atoms with van der Waals surface area (Å²) < 4.78 is 224. The first-order valence-corrected chi connectivity index (χ1v) is 54.4. The highest BCUT2D eigenvalue weighted by Gasteiger charge is 2.52. The van der Waals surface area contributed by atoms with E-state index >= 15 is 0 Å². The van der Waals surface area contributed by atoms with Crippen LogP contribution in [0, 0.1) is 20.8 Å². The van der Waals surface area contributed by atoms with E-state index in [2.05, 4.69) is 37.5 Å². The fourth-order valence-electron chi connectivity index (χ4n) is 18.0. The zero-order valence-corrected chi connectivity index (χ0v) is 86.9. The Bertz CT molecular complexity index is 6370. The molecule has 0 aliphatic carbocycles. The van der Waals surface area contributed by atoms with Crippen molar-refractivity contribution in [3.63, 3.8) is 0 Å². The molecule has 3 spiro atoms. The maximum Gasteiger partial charge on any atom is 0.416 e. The molecule has 14 bridgehead atoms. The van der Waals surface area contributed by atoms with E-state index in [1.165, 1.54) is 52.9 Å². The molecule has 0 unspecified atom stereocenters. The van der Waals surface area contributed by atoms with Crippen LogP contribution < -0.4 is 30.2 Å². The Hall–Kier alpha value is -11.3. The number of likely N-dealkylation sites (N-methyl/N-ethyl adjacent to an activating group) is 3. The Morgan fingerprint density at radius 1 is 0.544 bits per heavy atom. The largest absolute Gasteiger partial charge is 0.494 e. The van der Waals surface area contributed by atoms with Gasteiger partial charge in [0, 0.05) is 125 Å². The van der Waals surface area contributed by atoms with Gasteiger partial charge in [0.25, 0.3) is 35.4 Å². The number of amides is 6. The quantitative estimate of drug-likeness (QED) is 0.0351. The van der Waals surface area contributed by atoms with Crippen molar-refractivity contribution in [2.75, 3.05) is 129 Å². The summed E-state index contributed by atoms with van der Waals surface area (Å²) in [4.78, 5) is 133. The van der Waals surface area contributed by atoms with Gasteiger partial charge in [-0.05, 0) is 241 Å². The number of nitrogens with zero attached hydrogens (tertiary/aromatic N) is 9. The summed E-state index contributed by atoms with van der Waals surface area (Å²) in [5, 5.41) is 7.85. The van der Waals surface area contributed by atoms with Crippen molar-refractivity contribution in [2.45, 2.75) is 198 Å². The van der Waals surface area contributed by atoms with Crippen molar-refractivity contribution in [1.82, 2.24) is 43.6 Å². The van der Waals surface area contributed by atoms with E-state index in [4.69, 9.17) is 37.4 Å². The van der Waals surface area contributed by atoms with Crippen LogP contribution in [0.2, 0.25) is 0 Å². The first kappa shape index (κ1) is 116. The van der Waals surface area contributed by atoms with Crippen LogP contribution in [0.4, 0.5) is 39.5 Å². The lowest BCUT2D eigenvalue weighted by Gasteiger charge is -2.34. The highest BCUT2D eigenvalue weighted by atomic mass is 35.5. The molecule has 30 nitrogen and oxygen atoms in total. The Labute approximate surface area is 860 Å². The van der Waals surface area contributed by atoms with Crippen LogP contribution >= 0.6 is 23.2 Å². The summed E-state index contributed by atoms with van der Waals surface area (Å²) in [7, 11) is -6.50. The number of hydrogen-bond donors (Lipinski definition) is 3. The van der Waals surface area contributed by atoms with E-state index in [-0.39, 0.29) is 253 Å². The van der Waals surface area contributed by atoms with Gasteiger partial charge in [-0.25, -0.2) is 38.2 Å². The zero-order chi connectivity index (χ0) is 107. The summed E-state index contributed by atoms with van der Waals surface area (Å²) in [5.74, 6) is -2.24. The molecule has 0 saturated carbocycles. The number of unbranched alkanes of at least 4 members (excludes halogenated alkanes) is 1. The predicted molar refractivity (Wildman–Crippen MR) is 539 cm³/mol. The smallest absolute Gasteiger partial charge is 0.416 e. The number of aryl methyl sites for hydroxylation is 6. The van der Waals surface area contributed by atoms with Crippen LogP contribution in [-0.2, 0) is 96.6 Å². The number of carbonyl (C=O) groups excluding carboxylic acids is 9. The molecule has 798 valence electrons. The molecule has 12 heterocycles. The Morgan fingerprint density at radius 2 is 0.993 bits per heavy atom. The molecule has 6 amide bonds. The fraction of sp³-hybridized carbons (Fsp3) is 0.495. The molecule has 0 radical (unpaired) electrons. The summed E-state index contributed by atoms with van der Waals surface area (Å²) in [5.41, 5.74) is -0.857. The molecular weight excluding hydrogens is 2030 g/mol. The number of halogens is 11. The van der Waals surface area contributed by atoms with Gasteiger partial charge >= 0.3 is 18.5 Å². The Balaban J connectivity index is 0.000000206. The van der Waals surface area contributed by atoms with Crippen LogP contribution in [0.1, 0.15) is 220 Å². The van der Waals surface area contributed by atoms with E-state index in [0.717, 1.165) is 82.6 Å². The molecule has 0 aromatic heterocycles. The van der Waals surface area contributed by atoms with Crippen LogP contribution in [0.25, 0.3) is 0 Å². The maximum absolute atomic E-state index is 13.8. The highest BCUT2D eigenvalue weighted by molar-refractivity contribution is 7.89. The lowest BCUT2D eigenvalue weighted by atomic mass is 9.89. The van der Waals surface area contributed by atoms with Crippen molar-refractivity contribution in [2.24, 2.45) is 15.0 Å². The van der Waals surface area contributed by atoms with Gasteiger partial charge in [0.15, 0.2) is 17.3 Å². The molecule has 0 atom stereocenters. The van der Waals surface area contributed by atoms with E-state index in [1.54, 1.807) is 108 Å². The Morgan fingerprint density at radius 3 is 1.44 bits per heavy atom. The minimum Gasteiger partial charge on any atom is -0.494 e. The second-order valence-corrected chi connectivity index (χ2v) is 44.6. The second-order valence-electron chi connectivity index (χ2n) is 37.6. The lowest BCUT2D eigenvalue weighted by molar-refractivity contribution is -0.138. The number of ether oxygens (including phenoxy) is 3. The molecule has 6 aromatic carbocycles. The predicted octanol–water partition coefficient (Wildman–Crippen LogP) is 14.9. The van der Waals surface area contributed by atoms with E-state index in [1.807, 2.05) is 6.92 Å². The number of piperidine rings is 3. The molecule has 3 N–H and O–H groups in total. The van der Waals surface area contributed by atoms with Crippen molar-refractivity contribution in [3.8, 4) is 17.2 Å². The van der Waals surface area contributed by atoms with Crippen molar-refractivity contribution in [3.05, 3.63) is 217 Å². The first-order chi connectivity index (χ1) is 69.3. The first-order valence-electron chi connectivity index (χ1n) is 48.6. The van der Waals surface area contributed by atoms with Gasteiger partial charge in [-0.15, -0.1) is 29.8 Å². The van der Waals surface area contributed by atoms with Gasteiger partial charge in [0.05, 0.1) is 73.4 Å². The number of sulfonamides is 3. The average molecular weight is 2160 g/mol. The van der Waals surface area contributed by atoms with E-state index in [9.17, 15) is 108 Å². The Kier molecular flexibility index (Phi) is 39.7. The normalized spacial score (nSPS) is 21.6. The monoisotopic (exact) mass is 2150 g/mol. The van der Waals surface area contributed by atoms with Crippen LogP contribution in [0.5, 0.6) is 17.2 Å². The van der Waals surface area contributed by atoms with Gasteiger partial charge in [-0.1, -0.05) is 62.6 Å². The number of fused-ring (bicyclic) bond motifs is 4. The molecule has 44 heteroatoms. The lowest BCUT2D eigenvalue weighted by Crippen LogP contribution is -2.50. The SMILES string of the molecule is C=CCCOc1cc(C2=NC3(CCN(S(=O)(=O)CCc4ccc(C(=O)N(C)CC(=O)CCCC)cc4C)CC3)C(=O)N2)cc(C(F)(F)F)c1.Cc1cc2ccc1CCS(=O)(=O)N1CCC3(CC1)N=C(NC3=O)c1cc(cc(C(F)(F)F)c1)OCCC/C=C\CC(=O)CN(C)C2=O.Cc1cc2ccc1CCS(=O)(=O)N1CCC3(CC1)N=C(NC3=O)c1cc(cc(C(F)(F)F)c1)OCCCCCCC(=O)CN(C)C2=O.ClCCCl. The topological polar surface area (TPSA) is 376 Å². The number of hydrogen-bond acceptors (Lipinski definition) is 21. The van der Waals surface area contributed by atoms with Crippen LogP contribution in [-0.4, -0.2) is 269 Å². The fourth-order valence-corrected chi connectivity index (χ4v) is 22.4. The third kappa shape index (κ3) is 31.0. The van der Waals surface area contributed by atoms with Gasteiger partial charge < -0.3 is 44.9 Å². The number of aliphatic imine (C=N–C) groups is 3. The van der Waals surface area contributed by atoms with Gasteiger partial charge in [-0.3, -0.25) is 58.1 Å². The second kappa shape index (κ2) is 50.4. The number of ketones is 3. The molecule has 3 saturated heterocycles. The van der Waals surface area contributed by atoms with Gasteiger partial charge in [-0.2, -0.15) is 39.5 Å². The summed E-state index contributed by atoms with van der Waals surface area (Å²) >= 11 is 10.1. The minimum atomic E-state index is -4.68. The average Bonchev–Trinajstić information content (AvgIpc) is 1.62. The number of allylic oxidation sites excluding steroid dienone is 2. The van der Waals surface area contributed by atoms with Crippen molar-refractivity contribution in [1.29, 1.82) is 0 Å². The highest BCUT2D eigenvalue weighted by Crippen LogP contribution is 2.42. The molecule has 3 fully saturated rings. The zero-order valence-electron chi connectivity index (χ0n) is 83.0. The number of rotatable bonds is 16. The standard InChI is InChI=1S/C35H43F3N4O6S.C33H39F3N4O6S.C33H37F3N4O6S.C2H4Cl2/c1-5-7-9-29(43)23-41(4)32(44)26-11-10-25(24(3)19-26)12-18-49(46,47)42-15-13-34(14-16-42)33(45)39-31(40-34)27-20-28(35(36,37)38)22-30(21-27)48-17-8-6-2;2*1-22-17-24-9-8-23(22)10-16-47(44,45)40-13-11-32(12-14-40)31(43)37-29(38-32)25-18-26(33(34,35)36)20-28(19-25)46-15-6-4-3-5-7-27(41)21-39(2)30(24)42;3-1-2-4/h6,10-11,19-22H,2,5,7-9,12-18,23H2,1,3-4H3,(H,39,40,45);8-9,17-20H,3-7,10-16,21H2,1-2H3,(H,37,38,43);3,5,8-9,17-20H,4,6-7,10-16,21H2,1-2H3,(H,37,38,43);1-2H2/b;;5-3-;. The number of benzene rings is 6. The van der Waals surface area contributed by atoms with Crippen molar-refractivity contribution < 1.29 is 122 Å². The molecular formula is C103H123Cl2F9N12O18S3. The molecule has 12 aliphatic rings. The third-order valence-electron chi connectivity index (χ3n) is 26.6. The molecule has 18 rings (SSSR count). The van der Waals surface area contributed by atoms with Gasteiger partial charge in [0.2, 0.25) is 30.1 Å². The minimum absolute atomic E-state index is 0.00408. The maximum atomic E-state index is 13.8.